The maximum absolute atomic E-state index is 7.26. The number of hydrogen-bond donors (Lipinski definition) is 0. The van der Waals surface area contributed by atoms with E-state index in [9.17, 15) is 0 Å². The monoisotopic (exact) mass is 820 g/mol. The van der Waals surface area contributed by atoms with E-state index in [1.807, 2.05) is 18.2 Å². The van der Waals surface area contributed by atoms with Crippen LogP contribution in [0.25, 0.3) is 116 Å². The van der Waals surface area contributed by atoms with Crippen LogP contribution < -0.4 is 0 Å². The van der Waals surface area contributed by atoms with E-state index in [2.05, 4.69) is 178 Å². The van der Waals surface area contributed by atoms with Crippen LogP contribution in [-0.2, 0) is 5.41 Å². The average molecular weight is 821 g/mol. The smallest absolute Gasteiger partial charge is 0.164 e. The fourth-order valence-electron chi connectivity index (χ4n) is 10.4. The molecule has 302 valence electrons. The molecule has 0 spiro atoms. The molecule has 0 bridgehead atoms. The van der Waals surface area contributed by atoms with Gasteiger partial charge in [-0.25, -0.2) is 19.9 Å². The lowest BCUT2D eigenvalue weighted by molar-refractivity contribution is 0.660. The summed E-state index contributed by atoms with van der Waals surface area (Å²) in [6.07, 6.45) is 8.81. The predicted octanol–water partition coefficient (Wildman–Crippen LogP) is 15.3. The molecule has 2 aliphatic rings. The summed E-state index contributed by atoms with van der Waals surface area (Å²) in [5.74, 6) is 1.84. The molecule has 0 saturated carbocycles. The molecule has 11 aromatic rings. The molecular weight excluding hydrogens is 781 g/mol. The van der Waals surface area contributed by atoms with Crippen LogP contribution in [0, 0.1) is 0 Å². The quantitative estimate of drug-likeness (QED) is 0.162. The minimum atomic E-state index is -0.107. The number of aromatic nitrogens is 4. The van der Waals surface area contributed by atoms with Crippen LogP contribution in [0.5, 0.6) is 0 Å². The molecule has 64 heavy (non-hydrogen) atoms. The Hall–Kier alpha value is -8.02. The summed E-state index contributed by atoms with van der Waals surface area (Å²) in [7, 11) is 0. The molecule has 0 fully saturated rings. The molecule has 0 aliphatic heterocycles. The van der Waals surface area contributed by atoms with E-state index in [0.717, 1.165) is 106 Å². The molecule has 2 aliphatic carbocycles. The normalized spacial score (nSPS) is 14.1. The number of fused-ring (bicyclic) bond motifs is 11. The summed E-state index contributed by atoms with van der Waals surface area (Å²) < 4.78 is 7.26. The lowest BCUT2D eigenvalue weighted by atomic mass is 9.82. The first-order valence-electron chi connectivity index (χ1n) is 22.1. The number of nitrogens with zero attached hydrogens (tertiary/aromatic N) is 4. The van der Waals surface area contributed by atoms with E-state index < -0.39 is 0 Å². The standard InChI is InChI=1S/C59H40N4O/c1-59(2)49-26-13-11-22-40(49)47-34-39(28-31-50(47)59)57-61-56(36-18-7-4-8-19-36)62-58(63-57)48-33-38-21-10-9-20-37(38)32-46(48)42-25-15-24-41-43-29-30-45-52(55(43)64-54(41)42)44-23-12-14-27-51(44)60-53(45)35-16-5-3-6-17-35/h4-5,7-34H,3,6H2,1-2H3. The van der Waals surface area contributed by atoms with Crippen molar-refractivity contribution < 1.29 is 4.42 Å². The van der Waals surface area contributed by atoms with Gasteiger partial charge < -0.3 is 4.42 Å². The van der Waals surface area contributed by atoms with Crippen molar-refractivity contribution in [3.8, 4) is 56.4 Å². The molecule has 0 saturated heterocycles. The Balaban J connectivity index is 1.06. The maximum atomic E-state index is 7.26. The van der Waals surface area contributed by atoms with Crippen LogP contribution in [0.2, 0.25) is 0 Å². The highest BCUT2D eigenvalue weighted by Gasteiger charge is 2.35. The molecule has 13 rings (SSSR count). The number of furan rings is 1. The van der Waals surface area contributed by atoms with Crippen molar-refractivity contribution in [3.63, 3.8) is 0 Å². The fraction of sp³-hybridized carbons (Fsp3) is 0.0847. The number of benzene rings is 8. The van der Waals surface area contributed by atoms with Crippen molar-refractivity contribution >= 4 is 60.0 Å². The van der Waals surface area contributed by atoms with E-state index in [1.165, 1.54) is 22.3 Å². The van der Waals surface area contributed by atoms with Gasteiger partial charge in [0.15, 0.2) is 17.5 Å². The molecule has 0 unspecified atom stereocenters. The topological polar surface area (TPSA) is 64.7 Å². The van der Waals surface area contributed by atoms with Crippen LogP contribution in [0.4, 0.5) is 0 Å². The Morgan fingerprint density at radius 2 is 1.12 bits per heavy atom. The van der Waals surface area contributed by atoms with Gasteiger partial charge in [-0.2, -0.15) is 0 Å². The first-order valence-corrected chi connectivity index (χ1v) is 22.1. The zero-order valence-electron chi connectivity index (χ0n) is 35.4. The second kappa shape index (κ2) is 14.0. The third kappa shape index (κ3) is 5.57. The molecule has 0 amide bonds. The highest BCUT2D eigenvalue weighted by molar-refractivity contribution is 6.25. The van der Waals surface area contributed by atoms with Gasteiger partial charge in [0, 0.05) is 54.6 Å². The van der Waals surface area contributed by atoms with Crippen LogP contribution in [0.3, 0.4) is 0 Å². The van der Waals surface area contributed by atoms with Crippen molar-refractivity contribution in [2.75, 3.05) is 0 Å². The number of para-hydroxylation sites is 2. The van der Waals surface area contributed by atoms with Crippen molar-refractivity contribution in [1.82, 2.24) is 19.9 Å². The van der Waals surface area contributed by atoms with Crippen LogP contribution in [-0.4, -0.2) is 19.9 Å². The highest BCUT2D eigenvalue weighted by Crippen LogP contribution is 2.50. The summed E-state index contributed by atoms with van der Waals surface area (Å²) >= 11 is 0. The van der Waals surface area contributed by atoms with Crippen molar-refractivity contribution in [1.29, 1.82) is 0 Å². The maximum Gasteiger partial charge on any atom is 0.164 e. The average Bonchev–Trinajstić information content (AvgIpc) is 3.85. The molecule has 3 heterocycles. The number of allylic oxidation sites excluding steroid dienone is 4. The Labute approximate surface area is 370 Å². The highest BCUT2D eigenvalue weighted by atomic mass is 16.3. The van der Waals surface area contributed by atoms with Crippen LogP contribution >= 0.6 is 0 Å². The summed E-state index contributed by atoms with van der Waals surface area (Å²) in [5, 5.41) is 7.57. The molecule has 5 heteroatoms. The fourth-order valence-corrected chi connectivity index (χ4v) is 10.4. The van der Waals surface area contributed by atoms with Crippen molar-refractivity contribution in [2.45, 2.75) is 32.1 Å². The third-order valence-corrected chi connectivity index (χ3v) is 13.5. The first kappa shape index (κ1) is 36.6. The molecule has 3 aromatic heterocycles. The van der Waals surface area contributed by atoms with Crippen molar-refractivity contribution in [2.24, 2.45) is 0 Å². The van der Waals surface area contributed by atoms with E-state index in [1.54, 1.807) is 0 Å². The predicted molar refractivity (Wildman–Crippen MR) is 263 cm³/mol. The lowest BCUT2D eigenvalue weighted by Gasteiger charge is -2.21. The summed E-state index contributed by atoms with van der Waals surface area (Å²) in [4.78, 5) is 21.1. The van der Waals surface area contributed by atoms with Gasteiger partial charge in [-0.1, -0.05) is 166 Å². The van der Waals surface area contributed by atoms with E-state index >= 15 is 0 Å². The second-order valence-corrected chi connectivity index (χ2v) is 17.6. The summed E-state index contributed by atoms with van der Waals surface area (Å²) in [6.45, 7) is 4.61. The van der Waals surface area contributed by atoms with Gasteiger partial charge in [0.1, 0.15) is 11.2 Å². The molecule has 0 N–H and O–H groups in total. The zero-order chi connectivity index (χ0) is 42.5. The number of rotatable bonds is 5. The van der Waals surface area contributed by atoms with Gasteiger partial charge in [-0.15, -0.1) is 0 Å². The van der Waals surface area contributed by atoms with Gasteiger partial charge in [-0.3, -0.25) is 0 Å². The van der Waals surface area contributed by atoms with Gasteiger partial charge in [0.2, 0.25) is 0 Å². The number of hydrogen-bond acceptors (Lipinski definition) is 5. The van der Waals surface area contributed by atoms with Gasteiger partial charge in [-0.05, 0) is 87.3 Å². The first-order chi connectivity index (χ1) is 31.5. The van der Waals surface area contributed by atoms with E-state index in [-0.39, 0.29) is 5.41 Å². The van der Waals surface area contributed by atoms with Crippen molar-refractivity contribution in [3.05, 3.63) is 199 Å². The Kier molecular flexibility index (Phi) is 8.01. The molecule has 8 aromatic carbocycles. The molecular formula is C59H40N4O. The lowest BCUT2D eigenvalue weighted by Crippen LogP contribution is -2.14. The van der Waals surface area contributed by atoms with Gasteiger partial charge in [0.05, 0.1) is 11.2 Å². The van der Waals surface area contributed by atoms with Crippen LogP contribution in [0.1, 0.15) is 43.5 Å². The number of pyridine rings is 1. The summed E-state index contributed by atoms with van der Waals surface area (Å²) in [6, 6.07) is 58.0. The Morgan fingerprint density at radius 3 is 1.97 bits per heavy atom. The second-order valence-electron chi connectivity index (χ2n) is 17.6. The minimum absolute atomic E-state index is 0.107. The zero-order valence-corrected chi connectivity index (χ0v) is 35.4. The Bertz CT molecular complexity index is 3820. The van der Waals surface area contributed by atoms with E-state index in [4.69, 9.17) is 24.4 Å². The largest absolute Gasteiger partial charge is 0.455 e. The van der Waals surface area contributed by atoms with Gasteiger partial charge >= 0.3 is 0 Å². The summed E-state index contributed by atoms with van der Waals surface area (Å²) in [5.41, 5.74) is 14.5. The molecule has 0 atom stereocenters. The Morgan fingerprint density at radius 1 is 0.453 bits per heavy atom. The third-order valence-electron chi connectivity index (χ3n) is 13.5. The molecule has 5 nitrogen and oxygen atoms in total. The SMILES string of the molecule is CC1(C)c2ccccc2-c2cc(-c3nc(-c4ccccc4)nc(-c4cc5ccccc5cc4-c4cccc5c4oc4c5ccc5c(C6=CCCC=C6)nc6ccccc6c54)n3)ccc21. The van der Waals surface area contributed by atoms with Gasteiger partial charge in [0.25, 0.3) is 0 Å². The minimum Gasteiger partial charge on any atom is -0.455 e. The van der Waals surface area contributed by atoms with E-state index in [0.29, 0.717) is 17.5 Å². The van der Waals surface area contributed by atoms with Crippen LogP contribution in [0.15, 0.2) is 186 Å². The molecule has 0 radical (unpaired) electrons.